The topological polar surface area (TPSA) is 38.5 Å². The predicted molar refractivity (Wildman–Crippen MR) is 80.4 cm³/mol. The molecule has 1 aliphatic carbocycles. The fraction of sp³-hybridized carbons (Fsp3) is 0.625. The molecule has 0 amide bonds. The van der Waals surface area contributed by atoms with Crippen molar-refractivity contribution < 1.29 is 4.74 Å². The van der Waals surface area contributed by atoms with Gasteiger partial charge in [0.25, 0.3) is 0 Å². The van der Waals surface area contributed by atoms with Crippen LogP contribution in [-0.4, -0.2) is 24.8 Å². The van der Waals surface area contributed by atoms with Crippen molar-refractivity contribution in [2.24, 2.45) is 5.73 Å². The highest BCUT2D eigenvalue weighted by atomic mass is 16.5. The average Bonchev–Trinajstić information content (AvgIpc) is 3.18. The second-order valence-electron chi connectivity index (χ2n) is 6.26. The molecule has 0 unspecified atom stereocenters. The van der Waals surface area contributed by atoms with E-state index in [9.17, 15) is 0 Å². The predicted octanol–water partition coefficient (Wildman–Crippen LogP) is 2.93. The number of benzene rings is 1. The molecule has 106 valence electrons. The molecule has 0 atom stereocenters. The molecule has 1 saturated carbocycles. The molecule has 0 bridgehead atoms. The van der Waals surface area contributed by atoms with Crippen molar-refractivity contribution >= 4 is 5.69 Å². The molecule has 0 aliphatic heterocycles. The zero-order valence-corrected chi connectivity index (χ0v) is 12.4. The van der Waals surface area contributed by atoms with Crippen molar-refractivity contribution in [3.05, 3.63) is 29.8 Å². The normalized spacial score (nSPS) is 15.6. The van der Waals surface area contributed by atoms with E-state index in [0.717, 1.165) is 13.2 Å². The second-order valence-corrected chi connectivity index (χ2v) is 6.26. The first-order chi connectivity index (χ1) is 8.99. The minimum Gasteiger partial charge on any atom is -0.374 e. The van der Waals surface area contributed by atoms with Crippen LogP contribution in [0.2, 0.25) is 0 Å². The highest BCUT2D eigenvalue weighted by Gasteiger charge is 2.29. The SMILES string of the molecule is CC(C)(C)OCCN(c1ccc(CN)cc1)C1CC1. The highest BCUT2D eigenvalue weighted by Crippen LogP contribution is 2.31. The Hall–Kier alpha value is -1.06. The van der Waals surface area contributed by atoms with Crippen LogP contribution in [-0.2, 0) is 11.3 Å². The van der Waals surface area contributed by atoms with Crippen LogP contribution in [0.3, 0.4) is 0 Å². The van der Waals surface area contributed by atoms with Gasteiger partial charge in [-0.3, -0.25) is 0 Å². The van der Waals surface area contributed by atoms with Crippen molar-refractivity contribution in [2.75, 3.05) is 18.1 Å². The van der Waals surface area contributed by atoms with Crippen LogP contribution in [0.15, 0.2) is 24.3 Å². The Kier molecular flexibility index (Phi) is 4.48. The van der Waals surface area contributed by atoms with Gasteiger partial charge in [0, 0.05) is 24.8 Å². The second kappa shape index (κ2) is 5.93. The van der Waals surface area contributed by atoms with Gasteiger partial charge in [0.15, 0.2) is 0 Å². The fourth-order valence-electron chi connectivity index (χ4n) is 2.18. The Morgan fingerprint density at radius 2 is 1.84 bits per heavy atom. The number of rotatable bonds is 6. The smallest absolute Gasteiger partial charge is 0.0648 e. The molecular formula is C16H26N2O. The minimum absolute atomic E-state index is 0.0569. The molecule has 3 nitrogen and oxygen atoms in total. The first kappa shape index (κ1) is 14.4. The standard InChI is InChI=1S/C16H26N2O/c1-16(2,3)19-11-10-18(15-8-9-15)14-6-4-13(12-17)5-7-14/h4-7,15H,8-12,17H2,1-3H3. The van der Waals surface area contributed by atoms with Gasteiger partial charge < -0.3 is 15.4 Å². The van der Waals surface area contributed by atoms with Crippen LogP contribution < -0.4 is 10.6 Å². The fourth-order valence-corrected chi connectivity index (χ4v) is 2.18. The zero-order chi connectivity index (χ0) is 13.9. The van der Waals surface area contributed by atoms with Gasteiger partial charge in [0.1, 0.15) is 0 Å². The molecule has 0 heterocycles. The summed E-state index contributed by atoms with van der Waals surface area (Å²) in [6, 6.07) is 9.30. The van der Waals surface area contributed by atoms with Gasteiger partial charge in [-0.05, 0) is 51.3 Å². The lowest BCUT2D eigenvalue weighted by atomic mass is 10.2. The Balaban J connectivity index is 1.95. The van der Waals surface area contributed by atoms with Crippen LogP contribution in [0.25, 0.3) is 0 Å². The summed E-state index contributed by atoms with van der Waals surface area (Å²) in [6.45, 7) is 8.65. The zero-order valence-electron chi connectivity index (χ0n) is 12.4. The van der Waals surface area contributed by atoms with Crippen LogP contribution in [0.5, 0.6) is 0 Å². The molecule has 0 aromatic heterocycles. The lowest BCUT2D eigenvalue weighted by Gasteiger charge is -2.27. The van der Waals surface area contributed by atoms with Gasteiger partial charge in [0.05, 0.1) is 12.2 Å². The van der Waals surface area contributed by atoms with Gasteiger partial charge in [-0.25, -0.2) is 0 Å². The monoisotopic (exact) mass is 262 g/mol. The summed E-state index contributed by atoms with van der Waals surface area (Å²) in [7, 11) is 0. The summed E-state index contributed by atoms with van der Waals surface area (Å²) in [6.07, 6.45) is 2.60. The number of anilines is 1. The van der Waals surface area contributed by atoms with E-state index in [4.69, 9.17) is 10.5 Å². The van der Waals surface area contributed by atoms with Gasteiger partial charge in [0.2, 0.25) is 0 Å². The molecule has 0 spiro atoms. The van der Waals surface area contributed by atoms with E-state index in [0.29, 0.717) is 12.6 Å². The summed E-state index contributed by atoms with van der Waals surface area (Å²) >= 11 is 0. The molecule has 2 N–H and O–H groups in total. The van der Waals surface area contributed by atoms with E-state index in [2.05, 4.69) is 49.9 Å². The van der Waals surface area contributed by atoms with Gasteiger partial charge in [-0.15, -0.1) is 0 Å². The minimum atomic E-state index is -0.0569. The lowest BCUT2D eigenvalue weighted by Crippen LogP contribution is -2.32. The number of hydrogen-bond donors (Lipinski definition) is 1. The number of nitrogens with zero attached hydrogens (tertiary/aromatic N) is 1. The largest absolute Gasteiger partial charge is 0.374 e. The average molecular weight is 262 g/mol. The molecule has 0 saturated heterocycles. The molecular weight excluding hydrogens is 236 g/mol. The van der Waals surface area contributed by atoms with Gasteiger partial charge in [-0.2, -0.15) is 0 Å². The maximum atomic E-state index is 5.84. The Morgan fingerprint density at radius 3 is 2.32 bits per heavy atom. The molecule has 1 fully saturated rings. The van der Waals surface area contributed by atoms with Crippen molar-refractivity contribution in [2.45, 2.75) is 51.8 Å². The lowest BCUT2D eigenvalue weighted by molar-refractivity contribution is 0.00125. The summed E-state index contributed by atoms with van der Waals surface area (Å²) in [4.78, 5) is 2.46. The molecule has 19 heavy (non-hydrogen) atoms. The Bertz CT molecular complexity index is 390. The third-order valence-electron chi connectivity index (χ3n) is 3.36. The third-order valence-corrected chi connectivity index (χ3v) is 3.36. The van der Waals surface area contributed by atoms with Crippen molar-refractivity contribution in [1.29, 1.82) is 0 Å². The molecule has 1 aromatic rings. The van der Waals surface area contributed by atoms with Crippen LogP contribution in [0.1, 0.15) is 39.2 Å². The van der Waals surface area contributed by atoms with E-state index in [1.807, 2.05) is 0 Å². The highest BCUT2D eigenvalue weighted by molar-refractivity contribution is 5.49. The van der Waals surface area contributed by atoms with E-state index < -0.39 is 0 Å². The van der Waals surface area contributed by atoms with Crippen LogP contribution >= 0.6 is 0 Å². The molecule has 1 aliphatic rings. The van der Waals surface area contributed by atoms with E-state index in [1.165, 1.54) is 24.1 Å². The molecule has 3 heteroatoms. The number of nitrogens with two attached hydrogens (primary N) is 1. The molecule has 2 rings (SSSR count). The quantitative estimate of drug-likeness (QED) is 0.856. The van der Waals surface area contributed by atoms with E-state index in [1.54, 1.807) is 0 Å². The maximum Gasteiger partial charge on any atom is 0.0648 e. The summed E-state index contributed by atoms with van der Waals surface area (Å²) < 4.78 is 5.84. The van der Waals surface area contributed by atoms with E-state index >= 15 is 0 Å². The first-order valence-electron chi connectivity index (χ1n) is 7.19. The molecule has 1 aromatic carbocycles. The molecule has 0 radical (unpaired) electrons. The third kappa shape index (κ3) is 4.51. The van der Waals surface area contributed by atoms with Crippen molar-refractivity contribution in [3.8, 4) is 0 Å². The first-order valence-corrected chi connectivity index (χ1v) is 7.19. The van der Waals surface area contributed by atoms with Gasteiger partial charge >= 0.3 is 0 Å². The van der Waals surface area contributed by atoms with Crippen molar-refractivity contribution in [1.82, 2.24) is 0 Å². The number of hydrogen-bond acceptors (Lipinski definition) is 3. The van der Waals surface area contributed by atoms with Crippen LogP contribution in [0, 0.1) is 0 Å². The summed E-state index contributed by atoms with van der Waals surface area (Å²) in [5.74, 6) is 0. The Labute approximate surface area is 116 Å². The van der Waals surface area contributed by atoms with Gasteiger partial charge in [-0.1, -0.05) is 12.1 Å². The van der Waals surface area contributed by atoms with Crippen molar-refractivity contribution in [3.63, 3.8) is 0 Å². The maximum absolute atomic E-state index is 5.84. The Morgan fingerprint density at radius 1 is 1.21 bits per heavy atom. The number of ether oxygens (including phenoxy) is 1. The summed E-state index contributed by atoms with van der Waals surface area (Å²) in [5.41, 5.74) is 8.06. The summed E-state index contributed by atoms with van der Waals surface area (Å²) in [5, 5.41) is 0. The van der Waals surface area contributed by atoms with E-state index in [-0.39, 0.29) is 5.60 Å². The van der Waals surface area contributed by atoms with Crippen LogP contribution in [0.4, 0.5) is 5.69 Å².